The van der Waals surface area contributed by atoms with Crippen LogP contribution < -0.4 is 5.32 Å². The van der Waals surface area contributed by atoms with Gasteiger partial charge in [-0.25, -0.2) is 4.98 Å². The van der Waals surface area contributed by atoms with Crippen LogP contribution in [0.15, 0.2) is 24.5 Å². The number of fused-ring (bicyclic) bond motifs is 1. The Hall–Kier alpha value is -1.35. The lowest BCUT2D eigenvalue weighted by Gasteiger charge is -2.23. The summed E-state index contributed by atoms with van der Waals surface area (Å²) >= 11 is 0. The third-order valence-corrected chi connectivity index (χ3v) is 3.68. The monoisotopic (exact) mass is 229 g/mol. The first-order chi connectivity index (χ1) is 8.33. The van der Waals surface area contributed by atoms with Gasteiger partial charge in [-0.05, 0) is 43.5 Å². The first kappa shape index (κ1) is 10.8. The highest BCUT2D eigenvalue weighted by molar-refractivity contribution is 5.75. The number of imidazole rings is 1. The molecule has 3 rings (SSSR count). The van der Waals surface area contributed by atoms with Crippen molar-refractivity contribution in [2.75, 3.05) is 6.54 Å². The van der Waals surface area contributed by atoms with Gasteiger partial charge >= 0.3 is 0 Å². The van der Waals surface area contributed by atoms with E-state index in [4.69, 9.17) is 0 Å². The summed E-state index contributed by atoms with van der Waals surface area (Å²) in [6.07, 6.45) is 7.01. The molecule has 2 aromatic rings. The van der Waals surface area contributed by atoms with Gasteiger partial charge < -0.3 is 9.88 Å². The maximum atomic E-state index is 4.41. The number of nitrogens with zero attached hydrogens (tertiary/aromatic N) is 2. The maximum absolute atomic E-state index is 4.41. The van der Waals surface area contributed by atoms with Crippen LogP contribution in [0, 0.1) is 0 Å². The summed E-state index contributed by atoms with van der Waals surface area (Å²) in [4.78, 5) is 4.41. The first-order valence-corrected chi connectivity index (χ1v) is 6.46. The maximum Gasteiger partial charge on any atom is 0.0955 e. The molecule has 1 saturated heterocycles. The molecule has 0 bridgehead atoms. The molecular weight excluding hydrogens is 210 g/mol. The molecule has 3 heteroatoms. The van der Waals surface area contributed by atoms with Crippen molar-refractivity contribution in [1.29, 1.82) is 0 Å². The van der Waals surface area contributed by atoms with E-state index in [1.54, 1.807) is 0 Å². The van der Waals surface area contributed by atoms with E-state index in [9.17, 15) is 0 Å². The second-order valence-corrected chi connectivity index (χ2v) is 5.03. The Labute approximate surface area is 102 Å². The van der Waals surface area contributed by atoms with Gasteiger partial charge in [0.2, 0.25) is 0 Å². The SMILES string of the molecule is Cn1cnc2cc(CC3CCCCN3)ccc21. The highest BCUT2D eigenvalue weighted by atomic mass is 15.0. The molecule has 0 spiro atoms. The number of hydrogen-bond donors (Lipinski definition) is 1. The van der Waals surface area contributed by atoms with E-state index in [1.165, 1.54) is 36.9 Å². The predicted octanol–water partition coefficient (Wildman–Crippen LogP) is 2.26. The molecule has 1 N–H and O–H groups in total. The third-order valence-electron chi connectivity index (χ3n) is 3.68. The van der Waals surface area contributed by atoms with Crippen LogP contribution in [0.5, 0.6) is 0 Å². The van der Waals surface area contributed by atoms with E-state index in [0.717, 1.165) is 11.9 Å². The largest absolute Gasteiger partial charge is 0.334 e. The summed E-state index contributed by atoms with van der Waals surface area (Å²) in [7, 11) is 2.04. The zero-order valence-electron chi connectivity index (χ0n) is 10.3. The van der Waals surface area contributed by atoms with E-state index in [0.29, 0.717) is 6.04 Å². The Balaban J connectivity index is 1.80. The zero-order valence-corrected chi connectivity index (χ0v) is 10.3. The van der Waals surface area contributed by atoms with Crippen LogP contribution in [0.2, 0.25) is 0 Å². The highest BCUT2D eigenvalue weighted by Crippen LogP contribution is 2.17. The average Bonchev–Trinajstić information content (AvgIpc) is 2.72. The van der Waals surface area contributed by atoms with Crippen molar-refractivity contribution in [2.24, 2.45) is 7.05 Å². The Morgan fingerprint density at radius 2 is 2.35 bits per heavy atom. The minimum atomic E-state index is 0.657. The molecule has 2 heterocycles. The lowest BCUT2D eigenvalue weighted by Crippen LogP contribution is -2.35. The van der Waals surface area contributed by atoms with Gasteiger partial charge in [-0.1, -0.05) is 12.5 Å². The van der Waals surface area contributed by atoms with Crippen molar-refractivity contribution in [3.8, 4) is 0 Å². The van der Waals surface area contributed by atoms with Gasteiger partial charge in [-0.15, -0.1) is 0 Å². The minimum Gasteiger partial charge on any atom is -0.334 e. The van der Waals surface area contributed by atoms with Crippen molar-refractivity contribution in [3.05, 3.63) is 30.1 Å². The molecule has 1 atom stereocenters. The number of nitrogens with one attached hydrogen (secondary N) is 1. The molecule has 1 aromatic carbocycles. The van der Waals surface area contributed by atoms with Crippen molar-refractivity contribution in [3.63, 3.8) is 0 Å². The summed E-state index contributed by atoms with van der Waals surface area (Å²) in [5.41, 5.74) is 3.72. The fourth-order valence-electron chi connectivity index (χ4n) is 2.69. The molecule has 0 saturated carbocycles. The quantitative estimate of drug-likeness (QED) is 0.856. The van der Waals surface area contributed by atoms with Gasteiger partial charge in [0.05, 0.1) is 17.4 Å². The van der Waals surface area contributed by atoms with E-state index >= 15 is 0 Å². The number of benzene rings is 1. The molecular formula is C14H19N3. The number of aryl methyl sites for hydroxylation is 1. The molecule has 1 fully saturated rings. The summed E-state index contributed by atoms with van der Waals surface area (Å²) < 4.78 is 2.07. The normalized spacial score (nSPS) is 20.9. The standard InChI is InChI=1S/C14H19N3/c1-17-10-16-13-9-11(5-6-14(13)17)8-12-4-2-3-7-15-12/h5-6,9-10,12,15H,2-4,7-8H2,1H3. The molecule has 0 aliphatic carbocycles. The van der Waals surface area contributed by atoms with Gasteiger partial charge in [0.25, 0.3) is 0 Å². The van der Waals surface area contributed by atoms with E-state index in [-0.39, 0.29) is 0 Å². The zero-order chi connectivity index (χ0) is 11.7. The summed E-state index contributed by atoms with van der Waals surface area (Å²) in [6.45, 7) is 1.18. The van der Waals surface area contributed by atoms with Gasteiger partial charge in [0.1, 0.15) is 0 Å². The number of piperidine rings is 1. The van der Waals surface area contributed by atoms with Crippen LogP contribution in [0.1, 0.15) is 24.8 Å². The summed E-state index contributed by atoms with van der Waals surface area (Å²) in [5, 5.41) is 3.60. The van der Waals surface area contributed by atoms with Crippen molar-refractivity contribution in [2.45, 2.75) is 31.7 Å². The number of hydrogen-bond acceptors (Lipinski definition) is 2. The van der Waals surface area contributed by atoms with Crippen LogP contribution in [-0.4, -0.2) is 22.1 Å². The van der Waals surface area contributed by atoms with Gasteiger partial charge in [-0.2, -0.15) is 0 Å². The van der Waals surface area contributed by atoms with Crippen LogP contribution in [-0.2, 0) is 13.5 Å². The Morgan fingerprint density at radius 3 is 3.18 bits per heavy atom. The Morgan fingerprint density at radius 1 is 1.41 bits per heavy atom. The molecule has 1 aliphatic rings. The predicted molar refractivity (Wildman–Crippen MR) is 70.1 cm³/mol. The van der Waals surface area contributed by atoms with Crippen LogP contribution in [0.3, 0.4) is 0 Å². The van der Waals surface area contributed by atoms with Gasteiger partial charge in [0.15, 0.2) is 0 Å². The first-order valence-electron chi connectivity index (χ1n) is 6.46. The summed E-state index contributed by atoms with van der Waals surface area (Å²) in [6, 6.07) is 7.30. The van der Waals surface area contributed by atoms with E-state index in [2.05, 4.69) is 33.1 Å². The van der Waals surface area contributed by atoms with Gasteiger partial charge in [0, 0.05) is 13.1 Å². The van der Waals surface area contributed by atoms with Crippen molar-refractivity contribution in [1.82, 2.24) is 14.9 Å². The fraction of sp³-hybridized carbons (Fsp3) is 0.500. The average molecular weight is 229 g/mol. The summed E-state index contributed by atoms with van der Waals surface area (Å²) in [5.74, 6) is 0. The van der Waals surface area contributed by atoms with Crippen LogP contribution >= 0.6 is 0 Å². The Kier molecular flexibility index (Phi) is 2.85. The molecule has 1 unspecified atom stereocenters. The molecule has 0 amide bonds. The smallest absolute Gasteiger partial charge is 0.0955 e. The lowest BCUT2D eigenvalue weighted by molar-refractivity contribution is 0.399. The molecule has 90 valence electrons. The van der Waals surface area contributed by atoms with Crippen molar-refractivity contribution < 1.29 is 0 Å². The third kappa shape index (κ3) is 2.20. The van der Waals surface area contributed by atoms with E-state index in [1.807, 2.05) is 13.4 Å². The van der Waals surface area contributed by atoms with Crippen LogP contribution in [0.4, 0.5) is 0 Å². The number of aromatic nitrogens is 2. The fourth-order valence-corrected chi connectivity index (χ4v) is 2.69. The topological polar surface area (TPSA) is 29.9 Å². The minimum absolute atomic E-state index is 0.657. The van der Waals surface area contributed by atoms with Gasteiger partial charge in [-0.3, -0.25) is 0 Å². The lowest BCUT2D eigenvalue weighted by atomic mass is 9.97. The van der Waals surface area contributed by atoms with Crippen LogP contribution in [0.25, 0.3) is 11.0 Å². The second-order valence-electron chi connectivity index (χ2n) is 5.03. The van der Waals surface area contributed by atoms with Crippen molar-refractivity contribution >= 4 is 11.0 Å². The molecule has 1 aromatic heterocycles. The highest BCUT2D eigenvalue weighted by Gasteiger charge is 2.13. The van der Waals surface area contributed by atoms with E-state index < -0.39 is 0 Å². The Bertz CT molecular complexity index is 509. The molecule has 17 heavy (non-hydrogen) atoms. The molecule has 1 aliphatic heterocycles. The molecule has 3 nitrogen and oxygen atoms in total. The number of rotatable bonds is 2. The second kappa shape index (κ2) is 4.49. The molecule has 0 radical (unpaired) electrons.